The Labute approximate surface area is 175 Å². The first kappa shape index (κ1) is 21.2. The Kier molecular flexibility index (Phi) is 6.49. The highest BCUT2D eigenvalue weighted by Gasteiger charge is 2.39. The van der Waals surface area contributed by atoms with Crippen molar-refractivity contribution in [2.75, 3.05) is 20.3 Å². The van der Waals surface area contributed by atoms with Crippen LogP contribution in [0.2, 0.25) is 10.0 Å². The molecule has 0 unspecified atom stereocenters. The van der Waals surface area contributed by atoms with E-state index in [0.29, 0.717) is 10.6 Å². The molecule has 0 amide bonds. The van der Waals surface area contributed by atoms with Crippen LogP contribution >= 0.6 is 23.2 Å². The molecular weight excluding hydrogens is 425 g/mol. The first-order valence-electron chi connectivity index (χ1n) is 8.43. The van der Waals surface area contributed by atoms with E-state index in [1.807, 2.05) is 0 Å². The molecular formula is C19H17Cl2NO7. The highest BCUT2D eigenvalue weighted by molar-refractivity contribution is 6.42. The molecule has 0 fully saturated rings. The minimum Gasteiger partial charge on any atom is -0.460 e. The van der Waals surface area contributed by atoms with Gasteiger partial charge in [-0.05, 0) is 17.7 Å². The number of rotatable bonds is 6. The number of nitrogens with two attached hydrogens (primary N) is 1. The van der Waals surface area contributed by atoms with E-state index in [2.05, 4.69) is 0 Å². The average molecular weight is 442 g/mol. The minimum atomic E-state index is -0.970. The van der Waals surface area contributed by atoms with Crippen molar-refractivity contribution in [2.24, 2.45) is 5.73 Å². The topological polar surface area (TPSA) is 121 Å². The van der Waals surface area contributed by atoms with Gasteiger partial charge in [-0.15, -0.1) is 0 Å². The molecule has 1 aliphatic heterocycles. The van der Waals surface area contributed by atoms with E-state index in [-0.39, 0.29) is 47.0 Å². The maximum Gasteiger partial charge on any atom is 0.340 e. The van der Waals surface area contributed by atoms with Crippen molar-refractivity contribution in [1.82, 2.24) is 0 Å². The molecule has 2 aromatic rings. The molecule has 0 aliphatic carbocycles. The second-order valence-electron chi connectivity index (χ2n) is 6.04. The summed E-state index contributed by atoms with van der Waals surface area (Å²) in [6.07, 6.45) is 0. The number of aliphatic hydroxyl groups excluding tert-OH is 1. The van der Waals surface area contributed by atoms with Crippen molar-refractivity contribution < 1.29 is 28.5 Å². The van der Waals surface area contributed by atoms with Gasteiger partial charge in [-0.1, -0.05) is 29.3 Å². The predicted octanol–water partition coefficient (Wildman–Crippen LogP) is 2.32. The zero-order chi connectivity index (χ0) is 21.1. The van der Waals surface area contributed by atoms with Gasteiger partial charge in [0.05, 0.1) is 22.6 Å². The minimum absolute atomic E-state index is 0.00465. The SMILES string of the molecule is COCCOC(=O)C1=C(N)Oc2c(oc(CO)cc2=O)[C@H]1c1ccc(Cl)c(Cl)c1. The fourth-order valence-electron chi connectivity index (χ4n) is 2.88. The Hall–Kier alpha value is -2.52. The largest absolute Gasteiger partial charge is 0.460 e. The summed E-state index contributed by atoms with van der Waals surface area (Å²) < 4.78 is 21.1. The number of ether oxygens (including phenoxy) is 3. The van der Waals surface area contributed by atoms with Crippen LogP contribution in [0.4, 0.5) is 0 Å². The second-order valence-corrected chi connectivity index (χ2v) is 6.86. The maximum atomic E-state index is 12.7. The first-order valence-corrected chi connectivity index (χ1v) is 9.19. The molecule has 1 aromatic heterocycles. The molecule has 1 aliphatic rings. The van der Waals surface area contributed by atoms with E-state index < -0.39 is 23.9 Å². The van der Waals surface area contributed by atoms with Gasteiger partial charge in [-0.3, -0.25) is 4.79 Å². The lowest BCUT2D eigenvalue weighted by atomic mass is 9.86. The van der Waals surface area contributed by atoms with Crippen LogP contribution in [0.25, 0.3) is 0 Å². The number of hydrogen-bond donors (Lipinski definition) is 2. The van der Waals surface area contributed by atoms with Crippen LogP contribution in [0, 0.1) is 0 Å². The van der Waals surface area contributed by atoms with Crippen LogP contribution in [0.5, 0.6) is 5.75 Å². The van der Waals surface area contributed by atoms with E-state index >= 15 is 0 Å². The molecule has 0 spiro atoms. The van der Waals surface area contributed by atoms with Crippen molar-refractivity contribution in [2.45, 2.75) is 12.5 Å². The van der Waals surface area contributed by atoms with Gasteiger partial charge in [0, 0.05) is 13.2 Å². The molecule has 10 heteroatoms. The monoisotopic (exact) mass is 441 g/mol. The van der Waals surface area contributed by atoms with Crippen LogP contribution in [0.3, 0.4) is 0 Å². The van der Waals surface area contributed by atoms with Crippen LogP contribution in [0.1, 0.15) is 23.0 Å². The number of esters is 1. The van der Waals surface area contributed by atoms with Gasteiger partial charge in [0.2, 0.25) is 17.1 Å². The second kappa shape index (κ2) is 8.87. The van der Waals surface area contributed by atoms with Crippen molar-refractivity contribution >= 4 is 29.2 Å². The summed E-state index contributed by atoms with van der Waals surface area (Å²) in [4.78, 5) is 25.2. The van der Waals surface area contributed by atoms with Gasteiger partial charge >= 0.3 is 5.97 Å². The Morgan fingerprint density at radius 3 is 2.66 bits per heavy atom. The summed E-state index contributed by atoms with van der Waals surface area (Å²) >= 11 is 12.1. The molecule has 154 valence electrons. The molecule has 1 aromatic carbocycles. The maximum absolute atomic E-state index is 12.7. The molecule has 3 N–H and O–H groups in total. The lowest BCUT2D eigenvalue weighted by molar-refractivity contribution is -0.140. The number of hydrogen-bond acceptors (Lipinski definition) is 8. The molecule has 8 nitrogen and oxygen atoms in total. The third-order valence-electron chi connectivity index (χ3n) is 4.18. The molecule has 2 heterocycles. The zero-order valence-corrected chi connectivity index (χ0v) is 16.7. The summed E-state index contributed by atoms with van der Waals surface area (Å²) in [5, 5.41) is 9.94. The van der Waals surface area contributed by atoms with E-state index in [4.69, 9.17) is 47.6 Å². The molecule has 0 saturated carbocycles. The number of carbonyl (C=O) groups is 1. The van der Waals surface area contributed by atoms with Gasteiger partial charge < -0.3 is 29.5 Å². The van der Waals surface area contributed by atoms with Crippen molar-refractivity contribution in [3.8, 4) is 5.75 Å². The number of carbonyl (C=O) groups excluding carboxylic acids is 1. The van der Waals surface area contributed by atoms with Crippen LogP contribution in [-0.2, 0) is 20.9 Å². The first-order chi connectivity index (χ1) is 13.9. The molecule has 0 radical (unpaired) electrons. The standard InChI is InChI=1S/C19H17Cl2NO7/c1-26-4-5-27-19(25)15-14(9-2-3-11(20)12(21)6-9)17-16(29-18(15)22)13(24)7-10(8-23)28-17/h2-3,6-7,14,23H,4-5,8,22H2,1H3/t14-/m0/s1. The van der Waals surface area contributed by atoms with E-state index in [1.54, 1.807) is 6.07 Å². The summed E-state index contributed by atoms with van der Waals surface area (Å²) in [6.45, 7) is -0.366. The summed E-state index contributed by atoms with van der Waals surface area (Å²) in [5.41, 5.74) is 5.79. The zero-order valence-electron chi connectivity index (χ0n) is 15.2. The van der Waals surface area contributed by atoms with Gasteiger partial charge in [-0.25, -0.2) is 4.79 Å². The normalized spacial score (nSPS) is 15.7. The summed E-state index contributed by atoms with van der Waals surface area (Å²) in [6, 6.07) is 5.74. The van der Waals surface area contributed by atoms with E-state index in [0.717, 1.165) is 6.07 Å². The summed E-state index contributed by atoms with van der Waals surface area (Å²) in [7, 11) is 1.46. The van der Waals surface area contributed by atoms with E-state index in [1.165, 1.54) is 19.2 Å². The fraction of sp³-hybridized carbons (Fsp3) is 0.263. The third kappa shape index (κ3) is 4.25. The Balaban J connectivity index is 2.18. The fourth-order valence-corrected chi connectivity index (χ4v) is 3.19. The number of benzene rings is 1. The average Bonchev–Trinajstić information content (AvgIpc) is 2.69. The van der Waals surface area contributed by atoms with Gasteiger partial charge in [0.15, 0.2) is 5.76 Å². The Bertz CT molecular complexity index is 1030. The molecule has 3 rings (SSSR count). The number of halogens is 2. The molecule has 1 atom stereocenters. The van der Waals surface area contributed by atoms with Crippen molar-refractivity contribution in [3.05, 3.63) is 73.1 Å². The lowest BCUT2D eigenvalue weighted by Gasteiger charge is -2.27. The van der Waals surface area contributed by atoms with E-state index in [9.17, 15) is 14.7 Å². The van der Waals surface area contributed by atoms with Crippen LogP contribution in [0.15, 0.2) is 44.9 Å². The third-order valence-corrected chi connectivity index (χ3v) is 4.92. The Morgan fingerprint density at radius 1 is 1.24 bits per heavy atom. The van der Waals surface area contributed by atoms with Gasteiger partial charge in [0.25, 0.3) is 0 Å². The highest BCUT2D eigenvalue weighted by Crippen LogP contribution is 2.42. The molecule has 29 heavy (non-hydrogen) atoms. The molecule has 0 bridgehead atoms. The number of methoxy groups -OCH3 is 1. The van der Waals surface area contributed by atoms with Crippen molar-refractivity contribution in [3.63, 3.8) is 0 Å². The number of fused-ring (bicyclic) bond motifs is 1. The van der Waals surface area contributed by atoms with Crippen molar-refractivity contribution in [1.29, 1.82) is 0 Å². The van der Waals surface area contributed by atoms with Crippen LogP contribution in [-0.4, -0.2) is 31.4 Å². The lowest BCUT2D eigenvalue weighted by Crippen LogP contribution is -2.30. The predicted molar refractivity (Wildman–Crippen MR) is 104 cm³/mol. The molecule has 0 saturated heterocycles. The van der Waals surface area contributed by atoms with Gasteiger partial charge in [0.1, 0.15) is 24.5 Å². The highest BCUT2D eigenvalue weighted by atomic mass is 35.5. The quantitative estimate of drug-likeness (QED) is 0.517. The smallest absolute Gasteiger partial charge is 0.340 e. The summed E-state index contributed by atoms with van der Waals surface area (Å²) in [5.74, 6) is -2.26. The van der Waals surface area contributed by atoms with Gasteiger partial charge in [-0.2, -0.15) is 0 Å². The Morgan fingerprint density at radius 2 is 2.00 bits per heavy atom. The van der Waals surface area contributed by atoms with Crippen LogP contribution < -0.4 is 15.9 Å². The number of aliphatic hydroxyl groups is 1.